The number of amides is 2. The number of amidine groups is 1. The van der Waals surface area contributed by atoms with Gasteiger partial charge in [0.25, 0.3) is 5.91 Å². The molecule has 0 bridgehead atoms. The van der Waals surface area contributed by atoms with E-state index in [2.05, 4.69) is 15.6 Å². The van der Waals surface area contributed by atoms with Gasteiger partial charge >= 0.3 is 0 Å². The van der Waals surface area contributed by atoms with E-state index in [1.165, 1.54) is 11.8 Å². The number of pyridine rings is 1. The van der Waals surface area contributed by atoms with Crippen LogP contribution in [-0.4, -0.2) is 34.0 Å². The average Bonchev–Trinajstić information content (AvgIpc) is 3.34. The van der Waals surface area contributed by atoms with Crippen LogP contribution in [0.5, 0.6) is 5.75 Å². The largest absolute Gasteiger partial charge is 0.497 e. The first-order chi connectivity index (χ1) is 18.9. The molecule has 198 valence electrons. The fourth-order valence-corrected chi connectivity index (χ4v) is 5.51. The molecular weight excluding hydrogens is 534 g/mol. The SMILES string of the molecule is COc1ccc(NC(=O)C2=C(C)N=C3SC=C(CC(=O)NCc4ccncc4)N3C2c2ccc(Cl)cc2)cc1. The normalized spacial score (nSPS) is 16.3. The summed E-state index contributed by atoms with van der Waals surface area (Å²) in [5.74, 6) is 0.282. The molecule has 0 fully saturated rings. The number of anilines is 1. The van der Waals surface area contributed by atoms with E-state index < -0.39 is 6.04 Å². The molecule has 0 radical (unpaired) electrons. The molecule has 2 amide bonds. The molecule has 10 heteroatoms. The van der Waals surface area contributed by atoms with Crippen molar-refractivity contribution in [3.05, 3.63) is 112 Å². The minimum atomic E-state index is -0.498. The van der Waals surface area contributed by atoms with Crippen LogP contribution in [0.3, 0.4) is 0 Å². The molecule has 0 aliphatic carbocycles. The number of aromatic nitrogens is 1. The van der Waals surface area contributed by atoms with Gasteiger partial charge < -0.3 is 20.3 Å². The van der Waals surface area contributed by atoms with Gasteiger partial charge in [-0.3, -0.25) is 14.6 Å². The van der Waals surface area contributed by atoms with Crippen molar-refractivity contribution in [1.29, 1.82) is 0 Å². The number of thioether (sulfide) groups is 1. The van der Waals surface area contributed by atoms with Crippen LogP contribution in [0.1, 0.15) is 30.5 Å². The fraction of sp³-hybridized carbons (Fsp3) is 0.172. The molecule has 1 unspecified atom stereocenters. The quantitative estimate of drug-likeness (QED) is 0.369. The minimum Gasteiger partial charge on any atom is -0.497 e. The Morgan fingerprint density at radius 1 is 1.05 bits per heavy atom. The van der Waals surface area contributed by atoms with Gasteiger partial charge in [0, 0.05) is 35.3 Å². The highest BCUT2D eigenvalue weighted by Crippen LogP contribution is 2.45. The second kappa shape index (κ2) is 11.8. The van der Waals surface area contributed by atoms with Gasteiger partial charge in [-0.2, -0.15) is 0 Å². The summed E-state index contributed by atoms with van der Waals surface area (Å²) >= 11 is 7.63. The molecule has 2 aliphatic heterocycles. The number of fused-ring (bicyclic) bond motifs is 1. The summed E-state index contributed by atoms with van der Waals surface area (Å²) in [5.41, 5.74) is 4.31. The van der Waals surface area contributed by atoms with Crippen molar-refractivity contribution in [2.75, 3.05) is 12.4 Å². The van der Waals surface area contributed by atoms with E-state index in [0.717, 1.165) is 16.8 Å². The third-order valence-corrected chi connectivity index (χ3v) is 7.50. The van der Waals surface area contributed by atoms with Crippen LogP contribution in [0.25, 0.3) is 0 Å². The van der Waals surface area contributed by atoms with E-state index in [4.69, 9.17) is 21.3 Å². The number of carbonyl (C=O) groups is 2. The Bertz CT molecular complexity index is 1470. The summed E-state index contributed by atoms with van der Waals surface area (Å²) in [6.07, 6.45) is 3.52. The van der Waals surface area contributed by atoms with E-state index in [1.54, 1.807) is 55.9 Å². The monoisotopic (exact) mass is 559 g/mol. The van der Waals surface area contributed by atoms with Crippen molar-refractivity contribution in [3.63, 3.8) is 0 Å². The summed E-state index contributed by atoms with van der Waals surface area (Å²) < 4.78 is 5.22. The molecule has 5 rings (SSSR count). The van der Waals surface area contributed by atoms with Crippen molar-refractivity contribution in [3.8, 4) is 5.75 Å². The standard InChI is InChI=1S/C29H26ClN5O3S/c1-18-26(28(37)34-22-7-9-24(38-2)10-8-22)27(20-3-5-21(30)6-4-20)35-23(17-39-29(35)33-18)15-25(36)32-16-19-11-13-31-14-12-19/h3-14,17,27H,15-16H2,1-2H3,(H,32,36)(H,34,37). The van der Waals surface area contributed by atoms with Crippen LogP contribution in [0.15, 0.2) is 100 Å². The molecule has 39 heavy (non-hydrogen) atoms. The number of hydrogen-bond donors (Lipinski definition) is 2. The van der Waals surface area contributed by atoms with E-state index in [9.17, 15) is 9.59 Å². The second-order valence-corrected chi connectivity index (χ2v) is 10.2. The van der Waals surface area contributed by atoms with Crippen LogP contribution in [-0.2, 0) is 16.1 Å². The number of ether oxygens (including phenoxy) is 1. The number of nitrogens with one attached hydrogen (secondary N) is 2. The molecule has 0 spiro atoms. The predicted molar refractivity (Wildman–Crippen MR) is 154 cm³/mol. The van der Waals surface area contributed by atoms with Gasteiger partial charge in [0.1, 0.15) is 5.75 Å². The smallest absolute Gasteiger partial charge is 0.255 e. The van der Waals surface area contributed by atoms with Gasteiger partial charge in [0.2, 0.25) is 5.91 Å². The first-order valence-electron chi connectivity index (χ1n) is 12.2. The number of halogens is 1. The zero-order valence-corrected chi connectivity index (χ0v) is 22.9. The molecule has 2 N–H and O–H groups in total. The van der Waals surface area contributed by atoms with Gasteiger partial charge in [-0.05, 0) is 72.0 Å². The molecule has 3 aromatic rings. The van der Waals surface area contributed by atoms with Crippen LogP contribution < -0.4 is 15.4 Å². The lowest BCUT2D eigenvalue weighted by molar-refractivity contribution is -0.120. The van der Waals surface area contributed by atoms with Crippen molar-refractivity contribution >= 4 is 46.0 Å². The highest BCUT2D eigenvalue weighted by molar-refractivity contribution is 8.16. The van der Waals surface area contributed by atoms with Crippen molar-refractivity contribution in [2.24, 2.45) is 4.99 Å². The Morgan fingerprint density at radius 3 is 2.46 bits per heavy atom. The van der Waals surface area contributed by atoms with Gasteiger partial charge in [-0.15, -0.1) is 0 Å². The number of rotatable bonds is 8. The first kappa shape index (κ1) is 26.5. The summed E-state index contributed by atoms with van der Waals surface area (Å²) in [6, 6.07) is 17.7. The van der Waals surface area contributed by atoms with Crippen molar-refractivity contribution < 1.29 is 14.3 Å². The second-order valence-electron chi connectivity index (χ2n) is 8.94. The Hall–Kier alpha value is -4.08. The third kappa shape index (κ3) is 6.00. The van der Waals surface area contributed by atoms with Crippen molar-refractivity contribution in [2.45, 2.75) is 25.9 Å². The number of nitrogens with zero attached hydrogens (tertiary/aromatic N) is 3. The van der Waals surface area contributed by atoms with Crippen LogP contribution in [0.4, 0.5) is 5.69 Å². The lowest BCUT2D eigenvalue weighted by Crippen LogP contribution is -2.38. The lowest BCUT2D eigenvalue weighted by Gasteiger charge is -2.36. The fourth-order valence-electron chi connectivity index (χ4n) is 4.42. The molecule has 3 heterocycles. The Balaban J connectivity index is 1.42. The summed E-state index contributed by atoms with van der Waals surface area (Å²) in [7, 11) is 1.59. The Kier molecular flexibility index (Phi) is 7.99. The van der Waals surface area contributed by atoms with Crippen molar-refractivity contribution in [1.82, 2.24) is 15.2 Å². The number of benzene rings is 2. The number of hydrogen-bond acceptors (Lipinski definition) is 7. The zero-order chi connectivity index (χ0) is 27.4. The molecule has 2 aromatic carbocycles. The number of aliphatic imine (C=N–C) groups is 1. The molecule has 0 saturated heterocycles. The maximum absolute atomic E-state index is 13.7. The molecular formula is C29H26ClN5O3S. The van der Waals surface area contributed by atoms with E-state index >= 15 is 0 Å². The van der Waals surface area contributed by atoms with Gasteiger partial charge in [0.15, 0.2) is 5.17 Å². The maximum Gasteiger partial charge on any atom is 0.255 e. The lowest BCUT2D eigenvalue weighted by atomic mass is 9.93. The molecule has 2 aliphatic rings. The predicted octanol–water partition coefficient (Wildman–Crippen LogP) is 5.66. The van der Waals surface area contributed by atoms with Gasteiger partial charge in [0.05, 0.1) is 30.8 Å². The van der Waals surface area contributed by atoms with E-state index in [1.807, 2.05) is 41.5 Å². The summed E-state index contributed by atoms with van der Waals surface area (Å²) in [6.45, 7) is 2.23. The van der Waals surface area contributed by atoms with Crippen LogP contribution >= 0.6 is 23.4 Å². The number of allylic oxidation sites excluding steroid dienone is 1. The summed E-state index contributed by atoms with van der Waals surface area (Å²) in [5, 5.41) is 9.19. The third-order valence-electron chi connectivity index (χ3n) is 6.36. The van der Waals surface area contributed by atoms with E-state index in [0.29, 0.717) is 39.4 Å². The van der Waals surface area contributed by atoms with Crippen LogP contribution in [0.2, 0.25) is 5.02 Å². The Labute approximate surface area is 235 Å². The number of carbonyl (C=O) groups excluding carboxylic acids is 2. The molecule has 1 atom stereocenters. The molecule has 8 nitrogen and oxygen atoms in total. The molecule has 1 aromatic heterocycles. The molecule has 0 saturated carbocycles. The maximum atomic E-state index is 13.7. The highest BCUT2D eigenvalue weighted by Gasteiger charge is 2.40. The average molecular weight is 560 g/mol. The zero-order valence-electron chi connectivity index (χ0n) is 21.3. The van der Waals surface area contributed by atoms with Gasteiger partial charge in [-0.25, -0.2) is 4.99 Å². The first-order valence-corrected chi connectivity index (χ1v) is 13.5. The van der Waals surface area contributed by atoms with Gasteiger partial charge in [-0.1, -0.05) is 35.5 Å². The minimum absolute atomic E-state index is 0.133. The number of methoxy groups -OCH3 is 1. The topological polar surface area (TPSA) is 95.9 Å². The van der Waals surface area contributed by atoms with E-state index in [-0.39, 0.29) is 18.2 Å². The summed E-state index contributed by atoms with van der Waals surface area (Å²) in [4.78, 5) is 37.4. The highest BCUT2D eigenvalue weighted by atomic mass is 35.5. The Morgan fingerprint density at radius 2 is 1.77 bits per heavy atom. The van der Waals surface area contributed by atoms with Crippen LogP contribution in [0, 0.1) is 0 Å².